The zero-order valence-corrected chi connectivity index (χ0v) is 5.54. The molecule has 0 radical (unpaired) electrons. The summed E-state index contributed by atoms with van der Waals surface area (Å²) in [5.41, 5.74) is 1.13. The van der Waals surface area contributed by atoms with Crippen LogP contribution in [0.2, 0.25) is 0 Å². The van der Waals surface area contributed by atoms with Crippen LogP contribution >= 0.6 is 0 Å². The number of hydrogen-bond donors (Lipinski definition) is 1. The van der Waals surface area contributed by atoms with Crippen LogP contribution < -0.4 is 5.32 Å². The number of nitriles is 1. The molecule has 0 fully saturated rings. The summed E-state index contributed by atoms with van der Waals surface area (Å²) in [4.78, 5) is 0. The van der Waals surface area contributed by atoms with Gasteiger partial charge in [0, 0.05) is 6.54 Å². The van der Waals surface area contributed by atoms with Gasteiger partial charge in [-0.25, -0.2) is 0 Å². The standard InChI is InChI=1S/C8H8N2/c9-7-10-6-8-4-2-1-3-5-8/h1-5,10H,6H2. The minimum absolute atomic E-state index is 0.622. The summed E-state index contributed by atoms with van der Waals surface area (Å²) in [5.74, 6) is 0. The van der Waals surface area contributed by atoms with Gasteiger partial charge in [-0.1, -0.05) is 30.3 Å². The minimum Gasteiger partial charge on any atom is -0.319 e. The highest BCUT2D eigenvalue weighted by atomic mass is 14.8. The van der Waals surface area contributed by atoms with Crippen LogP contribution in [0.1, 0.15) is 5.56 Å². The summed E-state index contributed by atoms with van der Waals surface area (Å²) in [6, 6.07) is 9.81. The molecule has 1 aromatic rings. The molecule has 0 unspecified atom stereocenters. The van der Waals surface area contributed by atoms with Crippen LogP contribution in [0.3, 0.4) is 0 Å². The Morgan fingerprint density at radius 1 is 1.30 bits per heavy atom. The lowest BCUT2D eigenvalue weighted by Gasteiger charge is -1.95. The molecular weight excluding hydrogens is 124 g/mol. The third kappa shape index (κ3) is 1.79. The van der Waals surface area contributed by atoms with Gasteiger partial charge in [0.1, 0.15) is 0 Å². The molecule has 1 N–H and O–H groups in total. The molecule has 0 bridgehead atoms. The van der Waals surface area contributed by atoms with Gasteiger partial charge < -0.3 is 5.32 Å². The van der Waals surface area contributed by atoms with E-state index in [0.717, 1.165) is 5.56 Å². The first-order chi connectivity index (χ1) is 4.93. The summed E-state index contributed by atoms with van der Waals surface area (Å²) in [5, 5.41) is 10.7. The van der Waals surface area contributed by atoms with Crippen molar-refractivity contribution in [3.05, 3.63) is 35.9 Å². The molecule has 0 atom stereocenters. The maximum Gasteiger partial charge on any atom is 0.176 e. The molecule has 0 saturated carbocycles. The maximum atomic E-state index is 8.17. The topological polar surface area (TPSA) is 35.8 Å². The summed E-state index contributed by atoms with van der Waals surface area (Å²) in [6.45, 7) is 0.622. The smallest absolute Gasteiger partial charge is 0.176 e. The number of rotatable bonds is 2. The molecule has 0 aliphatic heterocycles. The van der Waals surface area contributed by atoms with Crippen molar-refractivity contribution in [2.75, 3.05) is 0 Å². The van der Waals surface area contributed by atoms with E-state index in [9.17, 15) is 0 Å². The molecule has 2 heteroatoms. The van der Waals surface area contributed by atoms with Crippen molar-refractivity contribution in [2.45, 2.75) is 6.54 Å². The molecule has 10 heavy (non-hydrogen) atoms. The Morgan fingerprint density at radius 3 is 2.60 bits per heavy atom. The van der Waals surface area contributed by atoms with Gasteiger partial charge in [-0.2, -0.15) is 5.26 Å². The third-order valence-electron chi connectivity index (χ3n) is 1.21. The molecule has 0 amide bonds. The van der Waals surface area contributed by atoms with Crippen LogP contribution in [0.4, 0.5) is 0 Å². The van der Waals surface area contributed by atoms with E-state index in [1.165, 1.54) is 0 Å². The van der Waals surface area contributed by atoms with Gasteiger partial charge in [0.2, 0.25) is 0 Å². The monoisotopic (exact) mass is 132 g/mol. The molecule has 0 aromatic heterocycles. The van der Waals surface area contributed by atoms with Gasteiger partial charge >= 0.3 is 0 Å². The van der Waals surface area contributed by atoms with E-state index >= 15 is 0 Å². The zero-order valence-electron chi connectivity index (χ0n) is 5.54. The minimum atomic E-state index is 0.622. The van der Waals surface area contributed by atoms with Gasteiger partial charge in [0.25, 0.3) is 0 Å². The predicted octanol–water partition coefficient (Wildman–Crippen LogP) is 1.26. The largest absolute Gasteiger partial charge is 0.319 e. The zero-order chi connectivity index (χ0) is 7.23. The second-order valence-corrected chi connectivity index (χ2v) is 1.95. The van der Waals surface area contributed by atoms with Crippen LogP contribution in [0.25, 0.3) is 0 Å². The fourth-order valence-corrected chi connectivity index (χ4v) is 0.737. The van der Waals surface area contributed by atoms with Crippen molar-refractivity contribution < 1.29 is 0 Å². The lowest BCUT2D eigenvalue weighted by Crippen LogP contribution is -2.03. The molecule has 0 aliphatic carbocycles. The molecule has 0 aliphatic rings. The Bertz CT molecular complexity index is 223. The molecule has 0 spiro atoms. The van der Waals surface area contributed by atoms with Gasteiger partial charge in [0.15, 0.2) is 6.19 Å². The summed E-state index contributed by atoms with van der Waals surface area (Å²) >= 11 is 0. The van der Waals surface area contributed by atoms with Crippen molar-refractivity contribution in [3.8, 4) is 6.19 Å². The number of nitrogens with one attached hydrogen (secondary N) is 1. The average molecular weight is 132 g/mol. The molecule has 2 nitrogen and oxygen atoms in total. The molecular formula is C8H8N2. The van der Waals surface area contributed by atoms with Crippen molar-refractivity contribution in [1.82, 2.24) is 5.32 Å². The Balaban J connectivity index is 2.52. The first kappa shape index (κ1) is 6.63. The third-order valence-corrected chi connectivity index (χ3v) is 1.21. The van der Waals surface area contributed by atoms with E-state index in [4.69, 9.17) is 5.26 Å². The van der Waals surface area contributed by atoms with Gasteiger partial charge in [0.05, 0.1) is 0 Å². The van der Waals surface area contributed by atoms with E-state index in [1.807, 2.05) is 36.5 Å². The van der Waals surface area contributed by atoms with Crippen molar-refractivity contribution in [1.29, 1.82) is 5.26 Å². The summed E-state index contributed by atoms with van der Waals surface area (Å²) in [6.07, 6.45) is 1.87. The first-order valence-electron chi connectivity index (χ1n) is 3.09. The Labute approximate surface area is 60.1 Å². The lowest BCUT2D eigenvalue weighted by atomic mass is 10.2. The van der Waals surface area contributed by atoms with Crippen LogP contribution in [-0.2, 0) is 6.54 Å². The fraction of sp³-hybridized carbons (Fsp3) is 0.125. The molecule has 50 valence electrons. The van der Waals surface area contributed by atoms with Crippen LogP contribution in [0, 0.1) is 11.5 Å². The van der Waals surface area contributed by atoms with Gasteiger partial charge in [-0.15, -0.1) is 0 Å². The van der Waals surface area contributed by atoms with Gasteiger partial charge in [-0.05, 0) is 5.56 Å². The molecule has 0 saturated heterocycles. The first-order valence-corrected chi connectivity index (χ1v) is 3.09. The lowest BCUT2D eigenvalue weighted by molar-refractivity contribution is 0.884. The number of nitrogens with zero attached hydrogens (tertiary/aromatic N) is 1. The van der Waals surface area contributed by atoms with Crippen LogP contribution in [0.15, 0.2) is 30.3 Å². The highest BCUT2D eigenvalue weighted by Gasteiger charge is 1.85. The normalized spacial score (nSPS) is 8.30. The Morgan fingerprint density at radius 2 is 2.00 bits per heavy atom. The van der Waals surface area contributed by atoms with Crippen molar-refractivity contribution in [3.63, 3.8) is 0 Å². The average Bonchev–Trinajstić information content (AvgIpc) is 2.03. The number of hydrogen-bond acceptors (Lipinski definition) is 2. The van der Waals surface area contributed by atoms with E-state index in [-0.39, 0.29) is 0 Å². The Kier molecular flexibility index (Phi) is 2.33. The van der Waals surface area contributed by atoms with E-state index in [0.29, 0.717) is 6.54 Å². The molecule has 1 rings (SSSR count). The maximum absolute atomic E-state index is 8.17. The second kappa shape index (κ2) is 3.52. The fourth-order valence-electron chi connectivity index (χ4n) is 0.737. The second-order valence-electron chi connectivity index (χ2n) is 1.95. The van der Waals surface area contributed by atoms with E-state index in [2.05, 4.69) is 5.32 Å². The Hall–Kier alpha value is -1.49. The van der Waals surface area contributed by atoms with E-state index in [1.54, 1.807) is 0 Å². The van der Waals surface area contributed by atoms with Crippen molar-refractivity contribution >= 4 is 0 Å². The highest BCUT2D eigenvalue weighted by Crippen LogP contribution is 1.95. The van der Waals surface area contributed by atoms with Gasteiger partial charge in [-0.3, -0.25) is 0 Å². The summed E-state index contributed by atoms with van der Waals surface area (Å²) < 4.78 is 0. The molecule has 1 aromatic carbocycles. The van der Waals surface area contributed by atoms with Crippen LogP contribution in [0.5, 0.6) is 0 Å². The molecule has 0 heterocycles. The summed E-state index contributed by atoms with van der Waals surface area (Å²) in [7, 11) is 0. The predicted molar refractivity (Wildman–Crippen MR) is 38.9 cm³/mol. The highest BCUT2D eigenvalue weighted by molar-refractivity contribution is 5.14. The van der Waals surface area contributed by atoms with Crippen LogP contribution in [-0.4, -0.2) is 0 Å². The SMILES string of the molecule is N#CNCc1ccccc1. The van der Waals surface area contributed by atoms with Crippen molar-refractivity contribution in [2.24, 2.45) is 0 Å². The van der Waals surface area contributed by atoms with E-state index < -0.39 is 0 Å². The number of benzene rings is 1. The quantitative estimate of drug-likeness (QED) is 0.485.